The van der Waals surface area contributed by atoms with Crippen molar-refractivity contribution in [1.29, 1.82) is 0 Å². The fourth-order valence-corrected chi connectivity index (χ4v) is 4.55. The van der Waals surface area contributed by atoms with Crippen molar-refractivity contribution in [2.24, 2.45) is 0 Å². The van der Waals surface area contributed by atoms with Gasteiger partial charge in [0.25, 0.3) is 5.56 Å². The number of benzene rings is 1. The van der Waals surface area contributed by atoms with Gasteiger partial charge in [0.2, 0.25) is 5.95 Å². The number of nitrogens with one attached hydrogen (secondary N) is 2. The van der Waals surface area contributed by atoms with E-state index in [2.05, 4.69) is 47.4 Å². The van der Waals surface area contributed by atoms with Crippen molar-refractivity contribution in [3.63, 3.8) is 0 Å². The molecule has 1 aliphatic rings. The van der Waals surface area contributed by atoms with Crippen LogP contribution in [0.15, 0.2) is 41.5 Å². The maximum atomic E-state index is 13.1. The number of aromatic nitrogens is 5. The summed E-state index contributed by atoms with van der Waals surface area (Å²) < 4.78 is 3.52. The minimum absolute atomic E-state index is 0.127. The molecule has 9 heteroatoms. The van der Waals surface area contributed by atoms with Crippen molar-refractivity contribution < 1.29 is 0 Å². The summed E-state index contributed by atoms with van der Waals surface area (Å²) >= 11 is 6.56. The Morgan fingerprint density at radius 2 is 2.00 bits per heavy atom. The standard InChI is InChI=1S/C25H28ClN7O/c1-5-32-23(34)18-14-29-24(30-20-11-15-6-8-27-13-16(15)10-19(20)26)31-22(18)33(32)17-7-9-28-21(12-17)25(2,3)4/h7,9-12,14,27H,5-6,8,13H2,1-4H3,(H,29,30,31). The smallest absolute Gasteiger partial charge is 0.278 e. The SMILES string of the molecule is CCn1c(=O)c2cnc(Nc3cc4c(cc3Cl)CNCC4)nc2n1-c1ccnc(C(C)(C)C)c1. The average molecular weight is 478 g/mol. The molecule has 0 atom stereocenters. The van der Waals surface area contributed by atoms with E-state index in [1.807, 2.05) is 29.8 Å². The van der Waals surface area contributed by atoms with Crippen molar-refractivity contribution >= 4 is 34.3 Å². The van der Waals surface area contributed by atoms with Crippen molar-refractivity contribution in [2.45, 2.75) is 52.6 Å². The van der Waals surface area contributed by atoms with Gasteiger partial charge in [0, 0.05) is 36.6 Å². The number of rotatable bonds is 4. The second-order valence-corrected chi connectivity index (χ2v) is 9.97. The van der Waals surface area contributed by atoms with Gasteiger partial charge in [0.05, 0.1) is 16.4 Å². The number of halogens is 1. The van der Waals surface area contributed by atoms with Gasteiger partial charge in [-0.3, -0.25) is 9.78 Å². The maximum absolute atomic E-state index is 13.1. The van der Waals surface area contributed by atoms with Crippen molar-refractivity contribution in [3.05, 3.63) is 68.9 Å². The molecule has 0 bridgehead atoms. The first kappa shape index (κ1) is 22.6. The lowest BCUT2D eigenvalue weighted by Gasteiger charge is -2.20. The van der Waals surface area contributed by atoms with Gasteiger partial charge < -0.3 is 10.6 Å². The molecule has 1 aliphatic heterocycles. The molecule has 34 heavy (non-hydrogen) atoms. The Morgan fingerprint density at radius 1 is 1.18 bits per heavy atom. The van der Waals surface area contributed by atoms with E-state index < -0.39 is 0 Å². The molecule has 0 radical (unpaired) electrons. The predicted molar refractivity (Wildman–Crippen MR) is 135 cm³/mol. The quantitative estimate of drug-likeness (QED) is 0.454. The van der Waals surface area contributed by atoms with E-state index >= 15 is 0 Å². The Hall–Kier alpha value is -3.23. The molecule has 4 heterocycles. The largest absolute Gasteiger partial charge is 0.323 e. The van der Waals surface area contributed by atoms with Crippen LogP contribution in [-0.4, -0.2) is 30.9 Å². The summed E-state index contributed by atoms with van der Waals surface area (Å²) in [7, 11) is 0. The molecule has 0 aliphatic carbocycles. The lowest BCUT2D eigenvalue weighted by Crippen LogP contribution is -2.23. The third-order valence-electron chi connectivity index (χ3n) is 6.15. The summed E-state index contributed by atoms with van der Waals surface area (Å²) in [6.07, 6.45) is 4.30. The monoisotopic (exact) mass is 477 g/mol. The van der Waals surface area contributed by atoms with E-state index in [0.717, 1.165) is 36.6 Å². The average Bonchev–Trinajstić information content (AvgIpc) is 3.10. The first-order valence-corrected chi connectivity index (χ1v) is 11.9. The number of anilines is 2. The van der Waals surface area contributed by atoms with E-state index in [1.54, 1.807) is 17.1 Å². The molecule has 3 aromatic heterocycles. The van der Waals surface area contributed by atoms with Gasteiger partial charge in [-0.15, -0.1) is 0 Å². The highest BCUT2D eigenvalue weighted by Gasteiger charge is 2.21. The third kappa shape index (κ3) is 3.97. The molecule has 0 unspecified atom stereocenters. The Balaban J connectivity index is 1.62. The Kier molecular flexibility index (Phi) is 5.65. The summed E-state index contributed by atoms with van der Waals surface area (Å²) in [6, 6.07) is 7.95. The van der Waals surface area contributed by atoms with Gasteiger partial charge in [-0.1, -0.05) is 32.4 Å². The van der Waals surface area contributed by atoms with Gasteiger partial charge in [0.15, 0.2) is 5.65 Å². The van der Waals surface area contributed by atoms with Crippen LogP contribution < -0.4 is 16.2 Å². The molecule has 4 aromatic rings. The molecule has 1 aromatic carbocycles. The van der Waals surface area contributed by atoms with Crippen LogP contribution in [0.5, 0.6) is 0 Å². The highest BCUT2D eigenvalue weighted by atomic mass is 35.5. The summed E-state index contributed by atoms with van der Waals surface area (Å²) in [6.45, 7) is 10.5. The maximum Gasteiger partial charge on any atom is 0.278 e. The fourth-order valence-electron chi connectivity index (χ4n) is 4.32. The number of pyridine rings is 1. The van der Waals surface area contributed by atoms with Gasteiger partial charge in [-0.2, -0.15) is 4.98 Å². The van der Waals surface area contributed by atoms with Crippen LogP contribution in [0.1, 0.15) is 44.5 Å². The summed E-state index contributed by atoms with van der Waals surface area (Å²) in [4.78, 5) is 26.8. The van der Waals surface area contributed by atoms with Crippen molar-refractivity contribution in [1.82, 2.24) is 29.6 Å². The zero-order valence-electron chi connectivity index (χ0n) is 19.8. The van der Waals surface area contributed by atoms with Crippen LogP contribution in [0, 0.1) is 0 Å². The molecule has 2 N–H and O–H groups in total. The van der Waals surface area contributed by atoms with E-state index in [0.29, 0.717) is 28.5 Å². The first-order valence-electron chi connectivity index (χ1n) is 11.5. The van der Waals surface area contributed by atoms with E-state index in [9.17, 15) is 4.79 Å². The van der Waals surface area contributed by atoms with Crippen LogP contribution in [0.3, 0.4) is 0 Å². The van der Waals surface area contributed by atoms with Crippen molar-refractivity contribution in [2.75, 3.05) is 11.9 Å². The first-order chi connectivity index (χ1) is 16.3. The molecular weight excluding hydrogens is 450 g/mol. The highest BCUT2D eigenvalue weighted by Crippen LogP contribution is 2.30. The van der Waals surface area contributed by atoms with Gasteiger partial charge in [-0.25, -0.2) is 14.3 Å². The van der Waals surface area contributed by atoms with E-state index in [1.165, 1.54) is 11.1 Å². The van der Waals surface area contributed by atoms with Gasteiger partial charge in [0.1, 0.15) is 5.39 Å². The molecular formula is C25H28ClN7O. The molecule has 0 fully saturated rings. The summed E-state index contributed by atoms with van der Waals surface area (Å²) in [5.74, 6) is 0.385. The van der Waals surface area contributed by atoms with Gasteiger partial charge in [-0.05, 0) is 55.3 Å². The Bertz CT molecular complexity index is 1450. The Labute approximate surface area is 203 Å². The van der Waals surface area contributed by atoms with Crippen LogP contribution in [0.2, 0.25) is 5.02 Å². The predicted octanol–water partition coefficient (Wildman–Crippen LogP) is 4.34. The van der Waals surface area contributed by atoms with Crippen LogP contribution in [-0.2, 0) is 24.9 Å². The van der Waals surface area contributed by atoms with E-state index in [4.69, 9.17) is 16.6 Å². The zero-order valence-corrected chi connectivity index (χ0v) is 20.6. The van der Waals surface area contributed by atoms with Crippen LogP contribution in [0.25, 0.3) is 16.7 Å². The fraction of sp³-hybridized carbons (Fsp3) is 0.360. The summed E-state index contributed by atoms with van der Waals surface area (Å²) in [5.41, 5.74) is 5.27. The van der Waals surface area contributed by atoms with Crippen LogP contribution in [0.4, 0.5) is 11.6 Å². The molecule has 0 saturated carbocycles. The molecule has 8 nitrogen and oxygen atoms in total. The Morgan fingerprint density at radius 3 is 2.76 bits per heavy atom. The second-order valence-electron chi connectivity index (χ2n) is 9.57. The minimum Gasteiger partial charge on any atom is -0.323 e. The normalized spacial score (nSPS) is 13.8. The number of hydrogen-bond acceptors (Lipinski definition) is 6. The third-order valence-corrected chi connectivity index (χ3v) is 6.47. The van der Waals surface area contributed by atoms with Crippen LogP contribution >= 0.6 is 11.6 Å². The van der Waals surface area contributed by atoms with E-state index in [-0.39, 0.29) is 11.0 Å². The number of fused-ring (bicyclic) bond motifs is 2. The molecule has 0 saturated heterocycles. The molecule has 5 rings (SSSR count). The topological polar surface area (TPSA) is 89.7 Å². The highest BCUT2D eigenvalue weighted by molar-refractivity contribution is 6.33. The lowest BCUT2D eigenvalue weighted by atomic mass is 9.91. The zero-order chi connectivity index (χ0) is 24.0. The van der Waals surface area contributed by atoms with Gasteiger partial charge >= 0.3 is 0 Å². The minimum atomic E-state index is -0.128. The molecule has 176 valence electrons. The van der Waals surface area contributed by atoms with Crippen molar-refractivity contribution in [3.8, 4) is 5.69 Å². The molecule has 0 spiro atoms. The lowest BCUT2D eigenvalue weighted by molar-refractivity contribution is 0.557. The summed E-state index contributed by atoms with van der Waals surface area (Å²) in [5, 5.41) is 7.70. The number of nitrogens with zero attached hydrogens (tertiary/aromatic N) is 5. The second kappa shape index (κ2) is 8.52. The number of hydrogen-bond donors (Lipinski definition) is 2. The molecule has 0 amide bonds.